The van der Waals surface area contributed by atoms with Gasteiger partial charge in [-0.2, -0.15) is 0 Å². The van der Waals surface area contributed by atoms with Crippen LogP contribution in [0.25, 0.3) is 0 Å². The topological polar surface area (TPSA) is 220 Å². The highest BCUT2D eigenvalue weighted by molar-refractivity contribution is 5.95. The van der Waals surface area contributed by atoms with Crippen molar-refractivity contribution in [2.45, 2.75) is 56.5 Å². The Morgan fingerprint density at radius 2 is 1.79 bits per heavy atom. The van der Waals surface area contributed by atoms with Gasteiger partial charge in [-0.1, -0.05) is 0 Å². The van der Waals surface area contributed by atoms with Crippen molar-refractivity contribution in [3.8, 4) is 0 Å². The van der Waals surface area contributed by atoms with Crippen molar-refractivity contribution in [1.82, 2.24) is 15.5 Å². The highest BCUT2D eigenvalue weighted by Gasteiger charge is 2.40. The van der Waals surface area contributed by atoms with E-state index in [9.17, 15) is 29.1 Å². The Hall–Kier alpha value is -2.77. The van der Waals surface area contributed by atoms with Gasteiger partial charge in [-0.05, 0) is 19.8 Å². The van der Waals surface area contributed by atoms with E-state index in [2.05, 4.69) is 10.6 Å². The molecule has 1 fully saturated rings. The number of nitrogens with zero attached hydrogens (tertiary/aromatic N) is 1. The van der Waals surface area contributed by atoms with Crippen molar-refractivity contribution >= 4 is 29.7 Å². The van der Waals surface area contributed by atoms with Gasteiger partial charge in [0.05, 0.1) is 25.2 Å². The molecule has 3 amide bonds. The van der Waals surface area contributed by atoms with Crippen molar-refractivity contribution in [2.75, 3.05) is 13.2 Å². The molecule has 8 N–H and O–H groups in total. The first kappa shape index (κ1) is 24.3. The summed E-state index contributed by atoms with van der Waals surface area (Å²) in [6, 6.07) is -5.52. The number of carboxylic acid groups (broad SMARTS) is 2. The van der Waals surface area contributed by atoms with E-state index in [1.54, 1.807) is 0 Å². The van der Waals surface area contributed by atoms with Crippen LogP contribution in [-0.4, -0.2) is 98.4 Å². The summed E-state index contributed by atoms with van der Waals surface area (Å²) in [6.07, 6.45) is -1.43. The van der Waals surface area contributed by atoms with Gasteiger partial charge in [-0.3, -0.25) is 19.2 Å². The zero-order valence-electron chi connectivity index (χ0n) is 15.8. The van der Waals surface area contributed by atoms with Gasteiger partial charge in [0.15, 0.2) is 0 Å². The summed E-state index contributed by atoms with van der Waals surface area (Å²) in [5.41, 5.74) is 5.45. The Morgan fingerprint density at radius 1 is 1.17 bits per heavy atom. The highest BCUT2D eigenvalue weighted by atomic mass is 16.4. The molecule has 13 heteroatoms. The van der Waals surface area contributed by atoms with Crippen LogP contribution in [0, 0.1) is 0 Å². The van der Waals surface area contributed by atoms with Crippen molar-refractivity contribution < 1.29 is 44.4 Å². The Morgan fingerprint density at radius 3 is 2.28 bits per heavy atom. The molecule has 0 saturated carbocycles. The molecule has 1 aliphatic rings. The summed E-state index contributed by atoms with van der Waals surface area (Å²) in [5.74, 6) is -5.32. The first-order chi connectivity index (χ1) is 13.5. The number of carboxylic acids is 2. The number of nitrogens with one attached hydrogen (secondary N) is 2. The maximum absolute atomic E-state index is 12.8. The molecule has 0 radical (unpaired) electrons. The van der Waals surface area contributed by atoms with Gasteiger partial charge in [-0.25, -0.2) is 4.79 Å². The molecule has 0 aromatic rings. The molecule has 164 valence electrons. The molecule has 0 spiro atoms. The van der Waals surface area contributed by atoms with Crippen LogP contribution in [0.3, 0.4) is 0 Å². The molecule has 0 aromatic carbocycles. The third-order valence-electron chi connectivity index (χ3n) is 4.41. The average Bonchev–Trinajstić information content (AvgIpc) is 3.11. The number of aliphatic carboxylic acids is 2. The first-order valence-corrected chi connectivity index (χ1v) is 8.89. The predicted molar refractivity (Wildman–Crippen MR) is 95.2 cm³/mol. The van der Waals surface area contributed by atoms with Crippen LogP contribution in [-0.2, 0) is 24.0 Å². The number of amides is 3. The molecular formula is C16H26N4O9. The number of carbonyl (C=O) groups is 5. The lowest BCUT2D eigenvalue weighted by Crippen LogP contribution is -2.59. The second kappa shape index (κ2) is 10.7. The van der Waals surface area contributed by atoms with Crippen LogP contribution < -0.4 is 16.4 Å². The molecule has 1 heterocycles. The number of carbonyl (C=O) groups excluding carboxylic acids is 3. The normalized spacial score (nSPS) is 20.3. The number of likely N-dealkylation sites (tertiary alicyclic amines) is 1. The molecule has 0 aromatic heterocycles. The second-order valence-corrected chi connectivity index (χ2v) is 6.70. The molecule has 5 atom stereocenters. The van der Waals surface area contributed by atoms with E-state index >= 15 is 0 Å². The van der Waals surface area contributed by atoms with Crippen LogP contribution in [0.2, 0.25) is 0 Å². The maximum Gasteiger partial charge on any atom is 0.328 e. The van der Waals surface area contributed by atoms with Gasteiger partial charge < -0.3 is 41.7 Å². The number of rotatable bonds is 10. The Kier molecular flexibility index (Phi) is 8.94. The smallest absolute Gasteiger partial charge is 0.328 e. The lowest BCUT2D eigenvalue weighted by molar-refractivity contribution is -0.146. The summed E-state index contributed by atoms with van der Waals surface area (Å²) in [5, 5.41) is 40.9. The van der Waals surface area contributed by atoms with E-state index in [-0.39, 0.29) is 13.0 Å². The average molecular weight is 418 g/mol. The van der Waals surface area contributed by atoms with E-state index < -0.39 is 73.0 Å². The van der Waals surface area contributed by atoms with Gasteiger partial charge in [0.1, 0.15) is 18.1 Å². The number of aliphatic hydroxyl groups is 2. The van der Waals surface area contributed by atoms with Crippen LogP contribution in [0.4, 0.5) is 0 Å². The summed E-state index contributed by atoms with van der Waals surface area (Å²) < 4.78 is 0. The van der Waals surface area contributed by atoms with Crippen molar-refractivity contribution in [1.29, 1.82) is 0 Å². The van der Waals surface area contributed by atoms with Crippen molar-refractivity contribution in [2.24, 2.45) is 5.73 Å². The molecule has 0 aliphatic carbocycles. The van der Waals surface area contributed by atoms with Crippen molar-refractivity contribution in [3.05, 3.63) is 0 Å². The van der Waals surface area contributed by atoms with Crippen molar-refractivity contribution in [3.63, 3.8) is 0 Å². The van der Waals surface area contributed by atoms with Crippen LogP contribution in [0.1, 0.15) is 26.2 Å². The number of nitrogens with two attached hydrogens (primary N) is 1. The molecule has 1 saturated heterocycles. The number of hydrogen-bond donors (Lipinski definition) is 7. The molecule has 1 rings (SSSR count). The zero-order chi connectivity index (χ0) is 22.3. The summed E-state index contributed by atoms with van der Waals surface area (Å²) in [4.78, 5) is 59.9. The minimum absolute atomic E-state index is 0.119. The van der Waals surface area contributed by atoms with E-state index in [0.29, 0.717) is 6.42 Å². The van der Waals surface area contributed by atoms with Gasteiger partial charge in [0.25, 0.3) is 0 Å². The van der Waals surface area contributed by atoms with Gasteiger partial charge >= 0.3 is 11.9 Å². The predicted octanol–water partition coefficient (Wildman–Crippen LogP) is -3.79. The minimum Gasteiger partial charge on any atom is -0.481 e. The SMILES string of the molecule is CC(O)C(NC(=O)C(N)CC(=O)O)C(=O)N1CCCC1C(=O)NC(CO)C(=O)O. The minimum atomic E-state index is -1.54. The first-order valence-electron chi connectivity index (χ1n) is 8.89. The van der Waals surface area contributed by atoms with E-state index in [4.69, 9.17) is 21.1 Å². The van der Waals surface area contributed by atoms with Gasteiger partial charge in [0.2, 0.25) is 17.7 Å². The fourth-order valence-electron chi connectivity index (χ4n) is 2.86. The van der Waals surface area contributed by atoms with Crippen LogP contribution in [0.5, 0.6) is 0 Å². The number of hydrogen-bond acceptors (Lipinski definition) is 8. The Bertz CT molecular complexity index is 654. The van der Waals surface area contributed by atoms with Gasteiger partial charge in [-0.15, -0.1) is 0 Å². The molecular weight excluding hydrogens is 392 g/mol. The monoisotopic (exact) mass is 418 g/mol. The third kappa shape index (κ3) is 6.66. The molecule has 29 heavy (non-hydrogen) atoms. The van der Waals surface area contributed by atoms with Crippen LogP contribution >= 0.6 is 0 Å². The highest BCUT2D eigenvalue weighted by Crippen LogP contribution is 2.19. The summed E-state index contributed by atoms with van der Waals surface area (Å²) >= 11 is 0. The standard InChI is InChI=1S/C16H26N4O9/c1-7(22)12(19-13(25)8(17)5-11(23)24)15(27)20-4-2-3-10(20)14(26)18-9(6-21)16(28)29/h7-10,12,21-22H,2-6,17H2,1H3,(H,18,26)(H,19,25)(H,23,24)(H,28,29). The quantitative estimate of drug-likeness (QED) is 0.183. The summed E-state index contributed by atoms with van der Waals surface area (Å²) in [6.45, 7) is 0.506. The van der Waals surface area contributed by atoms with Gasteiger partial charge in [0, 0.05) is 6.54 Å². The van der Waals surface area contributed by atoms with E-state index in [1.807, 2.05) is 0 Å². The van der Waals surface area contributed by atoms with E-state index in [1.165, 1.54) is 6.92 Å². The Balaban J connectivity index is 2.90. The molecule has 0 bridgehead atoms. The number of aliphatic hydroxyl groups excluding tert-OH is 2. The van der Waals surface area contributed by atoms with E-state index in [0.717, 1.165) is 4.90 Å². The lowest BCUT2D eigenvalue weighted by atomic mass is 10.1. The maximum atomic E-state index is 12.8. The molecule has 13 nitrogen and oxygen atoms in total. The molecule has 1 aliphatic heterocycles. The largest absolute Gasteiger partial charge is 0.481 e. The molecule has 5 unspecified atom stereocenters. The lowest BCUT2D eigenvalue weighted by Gasteiger charge is -2.30. The zero-order valence-corrected chi connectivity index (χ0v) is 15.8. The fraction of sp³-hybridized carbons (Fsp3) is 0.688. The Labute approximate surface area is 165 Å². The summed E-state index contributed by atoms with van der Waals surface area (Å²) in [7, 11) is 0. The third-order valence-corrected chi connectivity index (χ3v) is 4.41. The fourth-order valence-corrected chi connectivity index (χ4v) is 2.86. The second-order valence-electron chi connectivity index (χ2n) is 6.70. The van der Waals surface area contributed by atoms with Crippen LogP contribution in [0.15, 0.2) is 0 Å².